The second-order valence-electron chi connectivity index (χ2n) is 3.33. The number of carboxylic acid groups (broad SMARTS) is 1. The molecule has 1 aromatic rings. The molecule has 6 heteroatoms. The van der Waals surface area contributed by atoms with Crippen LogP contribution in [0, 0.1) is 0 Å². The summed E-state index contributed by atoms with van der Waals surface area (Å²) in [6, 6.07) is 3.47. The van der Waals surface area contributed by atoms with E-state index in [-0.39, 0.29) is 0 Å². The summed E-state index contributed by atoms with van der Waals surface area (Å²) >= 11 is 3.30. The molecule has 5 nitrogen and oxygen atoms in total. The maximum atomic E-state index is 10.4. The molecule has 82 valence electrons. The molecule has 0 saturated heterocycles. The normalized spacial score (nSPS) is 10.4. The summed E-state index contributed by atoms with van der Waals surface area (Å²) in [6.45, 7) is 0.660. The van der Waals surface area contributed by atoms with E-state index in [0.717, 1.165) is 10.2 Å². The number of nitrogens with zero attached hydrogens (tertiary/aromatic N) is 2. The smallest absolute Gasteiger partial charge is 0.410 e. The molecule has 0 spiro atoms. The highest BCUT2D eigenvalue weighted by Crippen LogP contribution is 2.16. The zero-order valence-electron chi connectivity index (χ0n) is 8.49. The zero-order valence-corrected chi connectivity index (χ0v) is 10.1. The Balaban J connectivity index is 2.89. The molecule has 0 aliphatic carbocycles. The number of hydrogen-bond acceptors (Lipinski definition) is 3. The highest BCUT2D eigenvalue weighted by molar-refractivity contribution is 9.10. The zero-order chi connectivity index (χ0) is 11.4. The van der Waals surface area contributed by atoms with Gasteiger partial charge in [0.2, 0.25) is 0 Å². The molecule has 0 aliphatic rings. The van der Waals surface area contributed by atoms with Crippen molar-refractivity contribution in [1.82, 2.24) is 9.88 Å². The van der Waals surface area contributed by atoms with Gasteiger partial charge in [0.15, 0.2) is 0 Å². The predicted octanol–water partition coefficient (Wildman–Crippen LogP) is 2.00. The van der Waals surface area contributed by atoms with E-state index in [2.05, 4.69) is 26.2 Å². The van der Waals surface area contributed by atoms with Crippen molar-refractivity contribution in [2.45, 2.75) is 6.54 Å². The second kappa shape index (κ2) is 5.09. The Labute approximate surface area is 96.2 Å². The van der Waals surface area contributed by atoms with Crippen LogP contribution in [0.15, 0.2) is 16.6 Å². The molecule has 0 saturated carbocycles. The van der Waals surface area contributed by atoms with Crippen molar-refractivity contribution in [3.63, 3.8) is 0 Å². The Kier molecular flexibility index (Phi) is 4.05. The van der Waals surface area contributed by atoms with Crippen molar-refractivity contribution in [1.29, 1.82) is 0 Å². The second-order valence-corrected chi connectivity index (χ2v) is 4.25. The van der Waals surface area contributed by atoms with E-state index in [1.54, 1.807) is 6.07 Å². The van der Waals surface area contributed by atoms with E-state index in [0.29, 0.717) is 12.4 Å². The summed E-state index contributed by atoms with van der Waals surface area (Å²) in [4.78, 5) is 16.5. The van der Waals surface area contributed by atoms with E-state index in [1.165, 1.54) is 0 Å². The van der Waals surface area contributed by atoms with Crippen molar-refractivity contribution in [2.24, 2.45) is 0 Å². The first-order valence-corrected chi connectivity index (χ1v) is 5.08. The van der Waals surface area contributed by atoms with Gasteiger partial charge in [0.05, 0.1) is 5.69 Å². The lowest BCUT2D eigenvalue weighted by Gasteiger charge is -2.10. The molecule has 0 fully saturated rings. The van der Waals surface area contributed by atoms with Gasteiger partial charge >= 0.3 is 6.09 Å². The van der Waals surface area contributed by atoms with Gasteiger partial charge in [0.1, 0.15) is 5.82 Å². The lowest BCUT2D eigenvalue weighted by molar-refractivity contribution is 0.209. The molecule has 15 heavy (non-hydrogen) atoms. The standard InChI is InChI=1S/C9H12BrN3O2/c1-13(2)5-7-3-6(10)4-8(11-7)12-9(14)15/h3-4H,5H2,1-2H3,(H,11,12)(H,14,15). The number of rotatable bonds is 3. The summed E-state index contributed by atoms with van der Waals surface area (Å²) in [6.07, 6.45) is -1.11. The van der Waals surface area contributed by atoms with Crippen LogP contribution in [0.4, 0.5) is 10.6 Å². The molecule has 0 unspecified atom stereocenters. The van der Waals surface area contributed by atoms with Gasteiger partial charge in [-0.25, -0.2) is 9.78 Å². The Morgan fingerprint density at radius 2 is 2.27 bits per heavy atom. The van der Waals surface area contributed by atoms with Crippen LogP contribution in [-0.2, 0) is 6.54 Å². The lowest BCUT2D eigenvalue weighted by atomic mass is 10.3. The molecule has 1 heterocycles. The largest absolute Gasteiger partial charge is 0.465 e. The first-order chi connectivity index (χ1) is 6.97. The first-order valence-electron chi connectivity index (χ1n) is 4.28. The third-order valence-corrected chi connectivity index (χ3v) is 2.01. The highest BCUT2D eigenvalue weighted by Gasteiger charge is 2.04. The third-order valence-electron chi connectivity index (χ3n) is 1.56. The first kappa shape index (κ1) is 11.9. The lowest BCUT2D eigenvalue weighted by Crippen LogP contribution is -2.14. The Morgan fingerprint density at radius 1 is 1.60 bits per heavy atom. The van der Waals surface area contributed by atoms with Gasteiger partial charge in [0, 0.05) is 11.0 Å². The minimum atomic E-state index is -1.11. The third kappa shape index (κ3) is 4.26. The monoisotopic (exact) mass is 273 g/mol. The van der Waals surface area contributed by atoms with Crippen molar-refractivity contribution < 1.29 is 9.90 Å². The summed E-state index contributed by atoms with van der Waals surface area (Å²) in [5.41, 5.74) is 0.804. The molecule has 0 bridgehead atoms. The van der Waals surface area contributed by atoms with E-state index in [9.17, 15) is 4.79 Å². The van der Waals surface area contributed by atoms with Crippen LogP contribution in [0.1, 0.15) is 5.69 Å². The molecule has 2 N–H and O–H groups in total. The molecule has 1 rings (SSSR count). The molecule has 0 aromatic carbocycles. The Morgan fingerprint density at radius 3 is 2.80 bits per heavy atom. The molecular weight excluding hydrogens is 262 g/mol. The van der Waals surface area contributed by atoms with Crippen LogP contribution < -0.4 is 5.32 Å². The van der Waals surface area contributed by atoms with Gasteiger partial charge in [-0.15, -0.1) is 0 Å². The van der Waals surface area contributed by atoms with Gasteiger partial charge < -0.3 is 10.0 Å². The topological polar surface area (TPSA) is 65.5 Å². The van der Waals surface area contributed by atoms with Crippen LogP contribution in [0.25, 0.3) is 0 Å². The molecule has 1 aromatic heterocycles. The van der Waals surface area contributed by atoms with Gasteiger partial charge in [-0.1, -0.05) is 15.9 Å². The van der Waals surface area contributed by atoms with Crippen LogP contribution in [-0.4, -0.2) is 35.2 Å². The summed E-state index contributed by atoms with van der Waals surface area (Å²) in [5, 5.41) is 10.8. The quantitative estimate of drug-likeness (QED) is 0.884. The van der Waals surface area contributed by atoms with Crippen LogP contribution >= 0.6 is 15.9 Å². The fourth-order valence-electron chi connectivity index (χ4n) is 1.13. The van der Waals surface area contributed by atoms with Crippen molar-refractivity contribution >= 4 is 27.8 Å². The van der Waals surface area contributed by atoms with Crippen molar-refractivity contribution in [2.75, 3.05) is 19.4 Å². The van der Waals surface area contributed by atoms with Gasteiger partial charge in [-0.05, 0) is 26.2 Å². The van der Waals surface area contributed by atoms with E-state index >= 15 is 0 Å². The summed E-state index contributed by atoms with van der Waals surface area (Å²) in [7, 11) is 3.85. The number of halogens is 1. The van der Waals surface area contributed by atoms with Crippen molar-refractivity contribution in [3.05, 3.63) is 22.3 Å². The van der Waals surface area contributed by atoms with Gasteiger partial charge in [-0.2, -0.15) is 0 Å². The summed E-state index contributed by atoms with van der Waals surface area (Å²) in [5.74, 6) is 0.328. The molecular formula is C9H12BrN3O2. The van der Waals surface area contributed by atoms with Crippen LogP contribution in [0.5, 0.6) is 0 Å². The highest BCUT2D eigenvalue weighted by atomic mass is 79.9. The minimum Gasteiger partial charge on any atom is -0.465 e. The number of nitrogens with one attached hydrogen (secondary N) is 1. The van der Waals surface area contributed by atoms with E-state index in [4.69, 9.17) is 5.11 Å². The average molecular weight is 274 g/mol. The van der Waals surface area contributed by atoms with Crippen LogP contribution in [0.3, 0.4) is 0 Å². The van der Waals surface area contributed by atoms with Crippen molar-refractivity contribution in [3.8, 4) is 0 Å². The number of aromatic nitrogens is 1. The number of anilines is 1. The fourth-order valence-corrected chi connectivity index (χ4v) is 1.61. The number of carbonyl (C=O) groups is 1. The Bertz CT molecular complexity index is 368. The molecule has 0 radical (unpaired) electrons. The Hall–Kier alpha value is -1.14. The molecule has 1 amide bonds. The average Bonchev–Trinajstić information content (AvgIpc) is 1.98. The summed E-state index contributed by atoms with van der Waals surface area (Å²) < 4.78 is 0.804. The number of hydrogen-bond donors (Lipinski definition) is 2. The van der Waals surface area contributed by atoms with Gasteiger partial charge in [-0.3, -0.25) is 5.32 Å². The van der Waals surface area contributed by atoms with Crippen LogP contribution in [0.2, 0.25) is 0 Å². The van der Waals surface area contributed by atoms with E-state index < -0.39 is 6.09 Å². The number of amides is 1. The molecule has 0 aliphatic heterocycles. The maximum absolute atomic E-state index is 10.4. The minimum absolute atomic E-state index is 0.328. The SMILES string of the molecule is CN(C)Cc1cc(Br)cc(NC(=O)O)n1. The predicted molar refractivity (Wildman–Crippen MR) is 61.0 cm³/mol. The van der Waals surface area contributed by atoms with E-state index in [1.807, 2.05) is 25.1 Å². The molecule has 0 atom stereocenters. The van der Waals surface area contributed by atoms with Gasteiger partial charge in [0.25, 0.3) is 0 Å². The number of pyridine rings is 1. The maximum Gasteiger partial charge on any atom is 0.410 e. The fraction of sp³-hybridized carbons (Fsp3) is 0.333.